The zero-order valence-electron chi connectivity index (χ0n) is 13.6. The number of ether oxygens (including phenoxy) is 3. The van der Waals surface area contributed by atoms with E-state index in [9.17, 15) is 9.59 Å². The molecule has 0 spiro atoms. The van der Waals surface area contributed by atoms with Gasteiger partial charge in [0.15, 0.2) is 5.11 Å². The third kappa shape index (κ3) is 4.35. The van der Waals surface area contributed by atoms with Crippen molar-refractivity contribution in [3.63, 3.8) is 0 Å². The van der Waals surface area contributed by atoms with Crippen LogP contribution in [0.1, 0.15) is 12.8 Å². The number of esters is 2. The maximum absolute atomic E-state index is 11.8. The lowest BCUT2D eigenvalue weighted by Gasteiger charge is -2.35. The topological polar surface area (TPSA) is 77.1 Å². The molecule has 0 bridgehead atoms. The number of para-hydroxylation sites is 2. The van der Waals surface area contributed by atoms with Crippen LogP contribution >= 0.6 is 12.2 Å². The van der Waals surface area contributed by atoms with E-state index in [1.165, 1.54) is 14.2 Å². The van der Waals surface area contributed by atoms with Crippen molar-refractivity contribution in [1.82, 2.24) is 5.32 Å². The summed E-state index contributed by atoms with van der Waals surface area (Å²) in [6.07, 6.45) is 0.162. The van der Waals surface area contributed by atoms with Gasteiger partial charge in [-0.2, -0.15) is 0 Å². The van der Waals surface area contributed by atoms with Gasteiger partial charge in [0.2, 0.25) is 6.10 Å². The van der Waals surface area contributed by atoms with E-state index in [2.05, 4.69) is 10.1 Å². The van der Waals surface area contributed by atoms with Crippen LogP contribution in [0.3, 0.4) is 0 Å². The first-order valence-corrected chi connectivity index (χ1v) is 7.93. The van der Waals surface area contributed by atoms with Crippen LogP contribution in [-0.2, 0) is 19.1 Å². The Bertz CT molecular complexity index is 622. The monoisotopic (exact) mass is 352 g/mol. The smallest absolute Gasteiger partial charge is 0.348 e. The molecule has 2 rings (SSSR count). The Hall–Kier alpha value is -2.35. The molecule has 1 aromatic carbocycles. The van der Waals surface area contributed by atoms with E-state index in [-0.39, 0.29) is 12.5 Å². The van der Waals surface area contributed by atoms with Crippen LogP contribution in [0.4, 0.5) is 5.69 Å². The number of anilines is 1. The number of fused-ring (bicyclic) bond motifs is 1. The molecule has 1 N–H and O–H groups in total. The normalized spacial score (nSPS) is 15.8. The molecule has 0 aliphatic carbocycles. The van der Waals surface area contributed by atoms with Crippen molar-refractivity contribution in [2.75, 3.05) is 32.2 Å². The molecule has 0 radical (unpaired) electrons. The molecule has 1 heterocycles. The largest absolute Gasteiger partial charge is 0.475 e. The molecule has 0 amide bonds. The van der Waals surface area contributed by atoms with Gasteiger partial charge in [-0.05, 0) is 30.8 Å². The van der Waals surface area contributed by atoms with Crippen molar-refractivity contribution in [1.29, 1.82) is 0 Å². The Morgan fingerprint density at radius 3 is 2.79 bits per heavy atom. The van der Waals surface area contributed by atoms with E-state index < -0.39 is 12.1 Å². The highest BCUT2D eigenvalue weighted by atomic mass is 32.1. The average molecular weight is 352 g/mol. The van der Waals surface area contributed by atoms with Gasteiger partial charge in [-0.15, -0.1) is 0 Å². The lowest BCUT2D eigenvalue weighted by Crippen LogP contribution is -2.50. The summed E-state index contributed by atoms with van der Waals surface area (Å²) in [5.74, 6) is -0.147. The van der Waals surface area contributed by atoms with Crippen molar-refractivity contribution >= 4 is 35.0 Å². The van der Waals surface area contributed by atoms with Gasteiger partial charge in [0, 0.05) is 13.0 Å². The minimum Gasteiger partial charge on any atom is -0.475 e. The summed E-state index contributed by atoms with van der Waals surface area (Å²) in [6.45, 7) is 0.781. The van der Waals surface area contributed by atoms with Crippen molar-refractivity contribution < 1.29 is 23.8 Å². The van der Waals surface area contributed by atoms with E-state index >= 15 is 0 Å². The molecule has 0 saturated carbocycles. The van der Waals surface area contributed by atoms with Gasteiger partial charge < -0.3 is 24.4 Å². The van der Waals surface area contributed by atoms with Gasteiger partial charge in [-0.25, -0.2) is 4.79 Å². The Kier molecular flexibility index (Phi) is 6.36. The Morgan fingerprint density at radius 1 is 1.33 bits per heavy atom. The lowest BCUT2D eigenvalue weighted by molar-refractivity contribution is -0.148. The molecular weight excluding hydrogens is 332 g/mol. The second-order valence-corrected chi connectivity index (χ2v) is 5.51. The molecule has 7 nitrogen and oxygen atoms in total. The number of rotatable bonds is 5. The molecule has 0 fully saturated rings. The number of benzene rings is 1. The van der Waals surface area contributed by atoms with Crippen LogP contribution in [0.5, 0.6) is 5.75 Å². The van der Waals surface area contributed by atoms with E-state index in [4.69, 9.17) is 21.7 Å². The van der Waals surface area contributed by atoms with Crippen LogP contribution in [0.2, 0.25) is 0 Å². The predicted octanol–water partition coefficient (Wildman–Crippen LogP) is 1.25. The molecule has 1 aliphatic rings. The second-order valence-electron chi connectivity index (χ2n) is 5.12. The van der Waals surface area contributed by atoms with E-state index in [1.807, 2.05) is 18.2 Å². The number of nitrogens with zero attached hydrogens (tertiary/aromatic N) is 1. The number of carbonyl (C=O) groups excluding carboxylic acids is 2. The van der Waals surface area contributed by atoms with E-state index in [0.29, 0.717) is 30.2 Å². The molecule has 0 unspecified atom stereocenters. The van der Waals surface area contributed by atoms with E-state index in [0.717, 1.165) is 5.69 Å². The van der Waals surface area contributed by atoms with Crippen LogP contribution in [0, 0.1) is 0 Å². The quantitative estimate of drug-likeness (QED) is 0.482. The van der Waals surface area contributed by atoms with Crippen molar-refractivity contribution in [2.45, 2.75) is 18.9 Å². The number of methoxy groups -OCH3 is 2. The summed E-state index contributed by atoms with van der Waals surface area (Å²) < 4.78 is 15.0. The molecule has 24 heavy (non-hydrogen) atoms. The summed E-state index contributed by atoms with van der Waals surface area (Å²) in [6, 6.07) is 7.33. The fourth-order valence-electron chi connectivity index (χ4n) is 2.31. The highest BCUT2D eigenvalue weighted by Crippen LogP contribution is 2.33. The van der Waals surface area contributed by atoms with Gasteiger partial charge in [-0.3, -0.25) is 4.79 Å². The predicted molar refractivity (Wildman–Crippen MR) is 92.1 cm³/mol. The standard InChI is InChI=1S/C16H20N2O5S/c1-21-14(19)8-5-9-17-16(24)18-10-13(15(20)22-2)23-12-7-4-3-6-11(12)18/h3-4,6-7,13H,5,8-10H2,1-2H3,(H,17,24)/t13-/m1/s1. The third-order valence-electron chi connectivity index (χ3n) is 3.54. The number of hydrogen-bond donors (Lipinski definition) is 1. The van der Waals surface area contributed by atoms with Gasteiger partial charge in [-0.1, -0.05) is 12.1 Å². The van der Waals surface area contributed by atoms with Crippen LogP contribution < -0.4 is 15.0 Å². The molecule has 1 atom stereocenters. The zero-order valence-corrected chi connectivity index (χ0v) is 14.4. The highest BCUT2D eigenvalue weighted by Gasteiger charge is 2.33. The second kappa shape index (κ2) is 8.49. The van der Waals surface area contributed by atoms with Crippen molar-refractivity contribution in [3.8, 4) is 5.75 Å². The van der Waals surface area contributed by atoms with Crippen LogP contribution in [0.25, 0.3) is 0 Å². The van der Waals surface area contributed by atoms with Crippen LogP contribution in [0.15, 0.2) is 24.3 Å². The fourth-order valence-corrected chi connectivity index (χ4v) is 2.58. The van der Waals surface area contributed by atoms with Gasteiger partial charge in [0.05, 0.1) is 26.5 Å². The summed E-state index contributed by atoms with van der Waals surface area (Å²) in [5, 5.41) is 3.55. The van der Waals surface area contributed by atoms with E-state index in [1.54, 1.807) is 11.0 Å². The lowest BCUT2D eigenvalue weighted by atomic mass is 10.2. The van der Waals surface area contributed by atoms with Gasteiger partial charge in [0.1, 0.15) is 5.75 Å². The zero-order chi connectivity index (χ0) is 17.5. The Balaban J connectivity index is 2.02. The fraction of sp³-hybridized carbons (Fsp3) is 0.438. The summed E-state index contributed by atoms with van der Waals surface area (Å²) in [7, 11) is 2.68. The molecule has 130 valence electrons. The number of hydrogen-bond acceptors (Lipinski definition) is 6. The molecule has 8 heteroatoms. The summed E-state index contributed by atoms with van der Waals surface area (Å²) >= 11 is 5.42. The number of thiocarbonyl (C=S) groups is 1. The minimum absolute atomic E-state index is 0.256. The SMILES string of the molecule is COC(=O)CCCNC(=S)N1C[C@H](C(=O)OC)Oc2ccccc21. The first-order chi connectivity index (χ1) is 11.6. The summed E-state index contributed by atoms with van der Waals surface area (Å²) in [5.41, 5.74) is 0.781. The molecule has 1 aromatic rings. The molecule has 0 aromatic heterocycles. The first kappa shape index (κ1) is 18.0. The molecule has 1 aliphatic heterocycles. The Morgan fingerprint density at radius 2 is 2.08 bits per heavy atom. The minimum atomic E-state index is -0.750. The average Bonchev–Trinajstić information content (AvgIpc) is 2.63. The number of nitrogens with one attached hydrogen (secondary N) is 1. The van der Waals surface area contributed by atoms with Crippen LogP contribution in [-0.4, -0.2) is 50.5 Å². The highest BCUT2D eigenvalue weighted by molar-refractivity contribution is 7.80. The van der Waals surface area contributed by atoms with Gasteiger partial charge >= 0.3 is 11.9 Å². The molecular formula is C16H20N2O5S. The molecule has 0 saturated heterocycles. The van der Waals surface area contributed by atoms with Gasteiger partial charge in [0.25, 0.3) is 0 Å². The van der Waals surface area contributed by atoms with Crippen molar-refractivity contribution in [3.05, 3.63) is 24.3 Å². The third-order valence-corrected chi connectivity index (χ3v) is 3.91. The maximum atomic E-state index is 11.8. The Labute approximate surface area is 145 Å². The number of carbonyl (C=O) groups is 2. The first-order valence-electron chi connectivity index (χ1n) is 7.52. The summed E-state index contributed by atoms with van der Waals surface area (Å²) in [4.78, 5) is 24.7. The maximum Gasteiger partial charge on any atom is 0.348 e. The van der Waals surface area contributed by atoms with Crippen molar-refractivity contribution in [2.24, 2.45) is 0 Å².